The Kier molecular flexibility index (Phi) is 4.39. The summed E-state index contributed by atoms with van der Waals surface area (Å²) in [6.45, 7) is 4.53. The van der Waals surface area contributed by atoms with Gasteiger partial charge in [0, 0.05) is 62.0 Å². The third-order valence-electron chi connectivity index (χ3n) is 4.51. The van der Waals surface area contributed by atoms with Gasteiger partial charge in [0.25, 0.3) is 5.56 Å². The van der Waals surface area contributed by atoms with E-state index in [1.54, 1.807) is 35.4 Å². The molecule has 0 atom stereocenters. The van der Waals surface area contributed by atoms with Crippen molar-refractivity contribution >= 4 is 0 Å². The van der Waals surface area contributed by atoms with Crippen molar-refractivity contribution in [1.82, 2.24) is 29.4 Å². The second-order valence-electron chi connectivity index (χ2n) is 6.37. The zero-order valence-corrected chi connectivity index (χ0v) is 13.9. The van der Waals surface area contributed by atoms with Gasteiger partial charge in [-0.05, 0) is 24.3 Å². The summed E-state index contributed by atoms with van der Waals surface area (Å²) in [6.07, 6.45) is 7.24. The van der Waals surface area contributed by atoms with Crippen LogP contribution >= 0.6 is 0 Å². The summed E-state index contributed by atoms with van der Waals surface area (Å²) in [5.41, 5.74) is 1.72. The van der Waals surface area contributed by atoms with Gasteiger partial charge in [-0.1, -0.05) is 0 Å². The second kappa shape index (κ2) is 6.98. The number of pyridine rings is 1. The summed E-state index contributed by atoms with van der Waals surface area (Å²) in [4.78, 5) is 18.5. The van der Waals surface area contributed by atoms with Gasteiger partial charge in [0.2, 0.25) is 0 Å². The normalized spacial score (nSPS) is 15.2. The van der Waals surface area contributed by atoms with Crippen LogP contribution < -0.4 is 5.56 Å². The molecular formula is C18H20N6O. The Labute approximate surface area is 145 Å². The van der Waals surface area contributed by atoms with Crippen molar-refractivity contribution in [3.8, 4) is 11.3 Å². The Balaban J connectivity index is 1.35. The van der Waals surface area contributed by atoms with Gasteiger partial charge in [0.15, 0.2) is 0 Å². The lowest BCUT2D eigenvalue weighted by molar-refractivity contribution is 0.0795. The van der Waals surface area contributed by atoms with Crippen LogP contribution in [-0.2, 0) is 13.1 Å². The molecule has 1 aliphatic rings. The fourth-order valence-electron chi connectivity index (χ4n) is 3.15. The molecule has 0 radical (unpaired) electrons. The zero-order chi connectivity index (χ0) is 17.1. The molecule has 0 spiro atoms. The van der Waals surface area contributed by atoms with E-state index in [2.05, 4.69) is 20.1 Å². The van der Waals surface area contributed by atoms with Crippen molar-refractivity contribution in [2.24, 2.45) is 5.92 Å². The molecule has 0 aromatic carbocycles. The number of hydrogen-bond donors (Lipinski definition) is 0. The van der Waals surface area contributed by atoms with Crippen LogP contribution in [0.2, 0.25) is 0 Å². The third-order valence-corrected chi connectivity index (χ3v) is 4.51. The smallest absolute Gasteiger partial charge is 0.266 e. The monoisotopic (exact) mass is 336 g/mol. The molecule has 0 aliphatic carbocycles. The van der Waals surface area contributed by atoms with Gasteiger partial charge < -0.3 is 4.90 Å². The Hall–Kier alpha value is -2.80. The summed E-state index contributed by atoms with van der Waals surface area (Å²) in [6, 6.07) is 9.10. The average Bonchev–Trinajstić information content (AvgIpc) is 3.12. The lowest BCUT2D eigenvalue weighted by atomic mass is 10.0. The van der Waals surface area contributed by atoms with Gasteiger partial charge in [0.05, 0.1) is 18.8 Å². The number of rotatable bonds is 6. The Morgan fingerprint density at radius 2 is 1.88 bits per heavy atom. The predicted molar refractivity (Wildman–Crippen MR) is 93.9 cm³/mol. The second-order valence-corrected chi connectivity index (χ2v) is 6.37. The molecule has 0 bridgehead atoms. The highest BCUT2D eigenvalue weighted by Crippen LogP contribution is 2.18. The highest BCUT2D eigenvalue weighted by atomic mass is 16.1. The maximum absolute atomic E-state index is 12.1. The van der Waals surface area contributed by atoms with Crippen LogP contribution in [0.15, 0.2) is 59.9 Å². The van der Waals surface area contributed by atoms with E-state index in [9.17, 15) is 4.79 Å². The summed E-state index contributed by atoms with van der Waals surface area (Å²) in [5, 5.41) is 8.73. The van der Waals surface area contributed by atoms with Gasteiger partial charge in [-0.2, -0.15) is 10.2 Å². The molecule has 0 saturated carbocycles. The minimum atomic E-state index is -0.0483. The van der Waals surface area contributed by atoms with Crippen molar-refractivity contribution in [2.75, 3.05) is 19.6 Å². The van der Waals surface area contributed by atoms with Crippen LogP contribution in [0.4, 0.5) is 0 Å². The molecule has 4 rings (SSSR count). The number of nitrogens with zero attached hydrogens (tertiary/aromatic N) is 6. The quantitative estimate of drug-likeness (QED) is 0.675. The van der Waals surface area contributed by atoms with Crippen molar-refractivity contribution in [2.45, 2.75) is 13.1 Å². The summed E-state index contributed by atoms with van der Waals surface area (Å²) in [5.74, 6) is 0.468. The van der Waals surface area contributed by atoms with E-state index in [0.717, 1.165) is 37.4 Å². The summed E-state index contributed by atoms with van der Waals surface area (Å²) >= 11 is 0. The first-order valence-electron chi connectivity index (χ1n) is 8.46. The van der Waals surface area contributed by atoms with Crippen LogP contribution in [0.3, 0.4) is 0 Å². The van der Waals surface area contributed by atoms with E-state index in [0.29, 0.717) is 12.5 Å². The minimum Gasteiger partial charge on any atom is -0.301 e. The van der Waals surface area contributed by atoms with E-state index in [-0.39, 0.29) is 5.56 Å². The molecule has 7 heteroatoms. The van der Waals surface area contributed by atoms with Crippen LogP contribution in [0, 0.1) is 5.92 Å². The number of hydrogen-bond acceptors (Lipinski definition) is 5. The zero-order valence-electron chi connectivity index (χ0n) is 13.9. The van der Waals surface area contributed by atoms with E-state index >= 15 is 0 Å². The molecule has 4 heterocycles. The Morgan fingerprint density at radius 3 is 2.64 bits per heavy atom. The first-order valence-corrected chi connectivity index (χ1v) is 8.46. The molecule has 1 fully saturated rings. The van der Waals surface area contributed by atoms with Crippen molar-refractivity contribution < 1.29 is 0 Å². The van der Waals surface area contributed by atoms with E-state index in [1.165, 1.54) is 0 Å². The summed E-state index contributed by atoms with van der Waals surface area (Å²) < 4.78 is 3.53. The average molecular weight is 336 g/mol. The fourth-order valence-corrected chi connectivity index (χ4v) is 3.15. The largest absolute Gasteiger partial charge is 0.301 e. The lowest BCUT2D eigenvalue weighted by Crippen LogP contribution is -2.50. The molecule has 1 aliphatic heterocycles. The Morgan fingerprint density at radius 1 is 1.04 bits per heavy atom. The van der Waals surface area contributed by atoms with Gasteiger partial charge in [0.1, 0.15) is 0 Å². The van der Waals surface area contributed by atoms with Gasteiger partial charge in [-0.25, -0.2) is 4.68 Å². The number of aromatic nitrogens is 5. The molecule has 3 aromatic rings. The highest BCUT2D eigenvalue weighted by molar-refractivity contribution is 5.56. The van der Waals surface area contributed by atoms with E-state index in [4.69, 9.17) is 0 Å². The van der Waals surface area contributed by atoms with Gasteiger partial charge in [-0.15, -0.1) is 0 Å². The minimum absolute atomic E-state index is 0.0483. The summed E-state index contributed by atoms with van der Waals surface area (Å²) in [7, 11) is 0. The predicted octanol–water partition coefficient (Wildman–Crippen LogP) is 1.13. The molecule has 3 aromatic heterocycles. The topological polar surface area (TPSA) is 68.8 Å². The van der Waals surface area contributed by atoms with Crippen molar-refractivity contribution in [3.63, 3.8) is 0 Å². The molecule has 0 amide bonds. The number of likely N-dealkylation sites (tertiary alicyclic amines) is 1. The van der Waals surface area contributed by atoms with Gasteiger partial charge >= 0.3 is 0 Å². The lowest BCUT2D eigenvalue weighted by Gasteiger charge is -2.39. The fraction of sp³-hybridized carbons (Fsp3) is 0.333. The Bertz CT molecular complexity index is 868. The molecule has 0 N–H and O–H groups in total. The van der Waals surface area contributed by atoms with Crippen LogP contribution in [0.25, 0.3) is 11.3 Å². The van der Waals surface area contributed by atoms with Crippen molar-refractivity contribution in [1.29, 1.82) is 0 Å². The first kappa shape index (κ1) is 15.7. The first-order chi connectivity index (χ1) is 12.3. The molecule has 0 unspecified atom stereocenters. The standard InChI is InChI=1S/C18H20N6O/c25-18-3-2-17(16-4-7-19-8-5-16)21-24(18)14-15-12-22(13-15)10-11-23-9-1-6-20-23/h1-9,15H,10-14H2. The maximum Gasteiger partial charge on any atom is 0.266 e. The van der Waals surface area contributed by atoms with E-state index in [1.807, 2.05) is 29.1 Å². The highest BCUT2D eigenvalue weighted by Gasteiger charge is 2.27. The van der Waals surface area contributed by atoms with Gasteiger partial charge in [-0.3, -0.25) is 14.5 Å². The van der Waals surface area contributed by atoms with E-state index < -0.39 is 0 Å². The molecule has 1 saturated heterocycles. The molecular weight excluding hydrogens is 316 g/mol. The molecule has 7 nitrogen and oxygen atoms in total. The third kappa shape index (κ3) is 3.66. The molecule has 128 valence electrons. The van der Waals surface area contributed by atoms with Crippen LogP contribution in [0.5, 0.6) is 0 Å². The van der Waals surface area contributed by atoms with Crippen LogP contribution in [-0.4, -0.2) is 49.1 Å². The molecule has 25 heavy (non-hydrogen) atoms. The van der Waals surface area contributed by atoms with Crippen LogP contribution in [0.1, 0.15) is 0 Å². The van der Waals surface area contributed by atoms with Crippen molar-refractivity contribution in [3.05, 3.63) is 65.5 Å². The SMILES string of the molecule is O=c1ccc(-c2ccncc2)nn1CC1CN(CCn2cccn2)C1. The maximum atomic E-state index is 12.1.